The summed E-state index contributed by atoms with van der Waals surface area (Å²) in [6.07, 6.45) is 0. The molecular weight excluding hydrogens is 378 g/mol. The number of hydrogen-bond donors (Lipinski definition) is 2. The van der Waals surface area contributed by atoms with Crippen LogP contribution in [0.25, 0.3) is 0 Å². The fourth-order valence-corrected chi connectivity index (χ4v) is 3.69. The second kappa shape index (κ2) is 8.60. The highest BCUT2D eigenvalue weighted by Gasteiger charge is 2.15. The van der Waals surface area contributed by atoms with Gasteiger partial charge in [0.1, 0.15) is 12.2 Å². The second-order valence-electron chi connectivity index (χ2n) is 6.94. The van der Waals surface area contributed by atoms with Crippen LogP contribution in [0.4, 0.5) is 5.69 Å². The smallest absolute Gasteiger partial charge is 0.275 e. The monoisotopic (exact) mass is 405 g/mol. The molecule has 0 unspecified atom stereocenters. The number of carbonyl (C=O) groups excluding carboxylic acids is 1. The fraction of sp³-hybridized carbons (Fsp3) is 0.400. The average molecular weight is 406 g/mol. The van der Waals surface area contributed by atoms with Gasteiger partial charge in [0, 0.05) is 12.2 Å². The van der Waals surface area contributed by atoms with Gasteiger partial charge in [-0.3, -0.25) is 14.3 Å². The minimum Gasteiger partial charge on any atom is -0.350 e. The van der Waals surface area contributed by atoms with E-state index in [1.165, 1.54) is 23.1 Å². The van der Waals surface area contributed by atoms with E-state index in [0.717, 1.165) is 16.7 Å². The van der Waals surface area contributed by atoms with E-state index in [1.54, 1.807) is 13.0 Å². The summed E-state index contributed by atoms with van der Waals surface area (Å²) in [5, 5.41) is 2.84. The number of sulfonamides is 1. The van der Waals surface area contributed by atoms with Gasteiger partial charge in [-0.15, -0.1) is 0 Å². The third kappa shape index (κ3) is 5.22. The Morgan fingerprint density at radius 2 is 1.68 bits per heavy atom. The second-order valence-corrected chi connectivity index (χ2v) is 8.95. The van der Waals surface area contributed by atoms with Crippen molar-refractivity contribution in [3.05, 3.63) is 62.6 Å². The zero-order valence-corrected chi connectivity index (χ0v) is 17.7. The van der Waals surface area contributed by atoms with Gasteiger partial charge in [-0.1, -0.05) is 17.7 Å². The summed E-state index contributed by atoms with van der Waals surface area (Å²) in [5.41, 5.74) is 4.37. The van der Waals surface area contributed by atoms with Crippen LogP contribution in [-0.4, -0.2) is 24.6 Å². The zero-order chi connectivity index (χ0) is 21.1. The number of nitrogens with one attached hydrogen (secondary N) is 2. The van der Waals surface area contributed by atoms with Crippen LogP contribution in [-0.2, 0) is 27.9 Å². The third-order valence-corrected chi connectivity index (χ3v) is 5.93. The van der Waals surface area contributed by atoms with Gasteiger partial charge in [-0.25, -0.2) is 8.42 Å². The normalized spacial score (nSPS) is 11.3. The predicted octanol–water partition coefficient (Wildman–Crippen LogP) is 2.16. The van der Waals surface area contributed by atoms with Gasteiger partial charge < -0.3 is 9.88 Å². The van der Waals surface area contributed by atoms with Crippen LogP contribution in [0.2, 0.25) is 0 Å². The molecule has 0 fully saturated rings. The van der Waals surface area contributed by atoms with Gasteiger partial charge in [0.2, 0.25) is 15.9 Å². The first-order chi connectivity index (χ1) is 13.0. The summed E-state index contributed by atoms with van der Waals surface area (Å²) in [4.78, 5) is 25.0. The molecule has 1 aromatic carbocycles. The van der Waals surface area contributed by atoms with Crippen LogP contribution in [0.15, 0.2) is 29.1 Å². The molecule has 0 saturated carbocycles. The maximum absolute atomic E-state index is 12.6. The molecule has 7 nitrogen and oxygen atoms in total. The predicted molar refractivity (Wildman–Crippen MR) is 111 cm³/mol. The number of aromatic nitrogens is 1. The summed E-state index contributed by atoms with van der Waals surface area (Å²) < 4.78 is 27.0. The first-order valence-electron chi connectivity index (χ1n) is 9.08. The van der Waals surface area contributed by atoms with Crippen LogP contribution in [0.1, 0.15) is 34.9 Å². The molecule has 0 aliphatic heterocycles. The number of pyridine rings is 1. The molecule has 1 heterocycles. The van der Waals surface area contributed by atoms with Crippen molar-refractivity contribution in [1.82, 2.24) is 9.88 Å². The molecule has 0 aliphatic rings. The standard InChI is InChI=1S/C20H27N3O4S/c1-6-28(26,27)22-18-8-7-16(5)23(20(18)25)12-19(24)21-11-17-14(3)9-13(2)10-15(17)4/h7-10,22H,6,11-12H2,1-5H3,(H,21,24). The van der Waals surface area contributed by atoms with E-state index in [9.17, 15) is 18.0 Å². The molecule has 0 bridgehead atoms. The lowest BCUT2D eigenvalue weighted by atomic mass is 10.00. The number of rotatable bonds is 7. The van der Waals surface area contributed by atoms with Crippen molar-refractivity contribution in [1.29, 1.82) is 0 Å². The number of hydrogen-bond acceptors (Lipinski definition) is 4. The van der Waals surface area contributed by atoms with Crippen molar-refractivity contribution in [3.8, 4) is 0 Å². The Hall–Kier alpha value is -2.61. The minimum atomic E-state index is -3.58. The molecule has 0 atom stereocenters. The highest BCUT2D eigenvalue weighted by Crippen LogP contribution is 2.16. The average Bonchev–Trinajstić information content (AvgIpc) is 2.60. The lowest BCUT2D eigenvalue weighted by Crippen LogP contribution is -2.34. The topological polar surface area (TPSA) is 97.3 Å². The van der Waals surface area contributed by atoms with Crippen molar-refractivity contribution in [2.75, 3.05) is 10.5 Å². The van der Waals surface area contributed by atoms with Gasteiger partial charge in [0.25, 0.3) is 5.56 Å². The van der Waals surface area contributed by atoms with Gasteiger partial charge in [0.05, 0.1) is 5.75 Å². The van der Waals surface area contributed by atoms with Crippen molar-refractivity contribution in [3.63, 3.8) is 0 Å². The highest BCUT2D eigenvalue weighted by atomic mass is 32.2. The number of amides is 1. The Balaban J connectivity index is 2.17. The van der Waals surface area contributed by atoms with Crippen LogP contribution >= 0.6 is 0 Å². The molecule has 152 valence electrons. The quantitative estimate of drug-likeness (QED) is 0.738. The van der Waals surface area contributed by atoms with E-state index in [1.807, 2.05) is 20.8 Å². The summed E-state index contributed by atoms with van der Waals surface area (Å²) in [6, 6.07) is 7.15. The molecule has 0 saturated heterocycles. The Morgan fingerprint density at radius 1 is 1.07 bits per heavy atom. The van der Waals surface area contributed by atoms with Crippen LogP contribution < -0.4 is 15.6 Å². The summed E-state index contributed by atoms with van der Waals surface area (Å²) in [5.74, 6) is -0.462. The van der Waals surface area contributed by atoms with Crippen molar-refractivity contribution in [2.24, 2.45) is 0 Å². The molecule has 0 spiro atoms. The molecular formula is C20H27N3O4S. The summed E-state index contributed by atoms with van der Waals surface area (Å²) in [6.45, 7) is 9.39. The van der Waals surface area contributed by atoms with E-state index < -0.39 is 15.6 Å². The first-order valence-corrected chi connectivity index (χ1v) is 10.7. The lowest BCUT2D eigenvalue weighted by molar-refractivity contribution is -0.121. The molecule has 2 aromatic rings. The number of carbonyl (C=O) groups is 1. The Morgan fingerprint density at radius 3 is 2.25 bits per heavy atom. The fourth-order valence-electron chi connectivity index (χ4n) is 3.06. The zero-order valence-electron chi connectivity index (χ0n) is 16.9. The number of benzene rings is 1. The van der Waals surface area contributed by atoms with Crippen LogP contribution in [0, 0.1) is 27.7 Å². The highest BCUT2D eigenvalue weighted by molar-refractivity contribution is 7.92. The lowest BCUT2D eigenvalue weighted by Gasteiger charge is -2.15. The number of aryl methyl sites for hydroxylation is 4. The largest absolute Gasteiger partial charge is 0.350 e. The Bertz CT molecular complexity index is 1030. The molecule has 0 aliphatic carbocycles. The van der Waals surface area contributed by atoms with Gasteiger partial charge in [-0.05, 0) is 63.4 Å². The Kier molecular flexibility index (Phi) is 6.66. The van der Waals surface area contributed by atoms with E-state index in [0.29, 0.717) is 12.2 Å². The van der Waals surface area contributed by atoms with Gasteiger partial charge in [-0.2, -0.15) is 0 Å². The van der Waals surface area contributed by atoms with Gasteiger partial charge >= 0.3 is 0 Å². The van der Waals surface area contributed by atoms with Crippen molar-refractivity contribution < 1.29 is 13.2 Å². The van der Waals surface area contributed by atoms with E-state index in [2.05, 4.69) is 22.2 Å². The number of nitrogens with zero attached hydrogens (tertiary/aromatic N) is 1. The molecule has 0 radical (unpaired) electrons. The van der Waals surface area contributed by atoms with Crippen LogP contribution in [0.3, 0.4) is 0 Å². The molecule has 2 rings (SSSR count). The molecule has 2 N–H and O–H groups in total. The SMILES string of the molecule is CCS(=O)(=O)Nc1ccc(C)n(CC(=O)NCc2c(C)cc(C)cc2C)c1=O. The first kappa shape index (κ1) is 21.7. The third-order valence-electron chi connectivity index (χ3n) is 4.64. The van der Waals surface area contributed by atoms with E-state index >= 15 is 0 Å². The maximum Gasteiger partial charge on any atom is 0.275 e. The Labute approximate surface area is 165 Å². The number of anilines is 1. The van der Waals surface area contributed by atoms with E-state index in [-0.39, 0.29) is 23.9 Å². The van der Waals surface area contributed by atoms with Crippen molar-refractivity contribution in [2.45, 2.75) is 47.7 Å². The van der Waals surface area contributed by atoms with Crippen molar-refractivity contribution >= 4 is 21.6 Å². The minimum absolute atomic E-state index is 0.0644. The summed E-state index contributed by atoms with van der Waals surface area (Å²) in [7, 11) is -3.58. The summed E-state index contributed by atoms with van der Waals surface area (Å²) >= 11 is 0. The molecule has 28 heavy (non-hydrogen) atoms. The van der Waals surface area contributed by atoms with Gasteiger partial charge in [0.15, 0.2) is 0 Å². The molecule has 8 heteroatoms. The molecule has 1 aromatic heterocycles. The van der Waals surface area contributed by atoms with Crippen LogP contribution in [0.5, 0.6) is 0 Å². The maximum atomic E-state index is 12.6. The van der Waals surface area contributed by atoms with E-state index in [4.69, 9.17) is 0 Å². The molecule has 1 amide bonds.